The number of ketones is 1. The van der Waals surface area contributed by atoms with Crippen molar-refractivity contribution >= 4 is 5.78 Å². The highest BCUT2D eigenvalue weighted by Crippen LogP contribution is 2.36. The fourth-order valence-electron chi connectivity index (χ4n) is 3.27. The summed E-state index contributed by atoms with van der Waals surface area (Å²) in [4.78, 5) is 12.5. The second kappa shape index (κ2) is 8.24. The van der Waals surface area contributed by atoms with E-state index in [1.807, 2.05) is 60.7 Å². The highest BCUT2D eigenvalue weighted by atomic mass is 16.5. The third-order valence-electron chi connectivity index (χ3n) is 4.67. The normalized spacial score (nSPS) is 22.9. The average Bonchev–Trinajstić information content (AvgIpc) is 2.98. The third kappa shape index (κ3) is 4.44. The number of rotatable bonds is 8. The predicted octanol–water partition coefficient (Wildman–Crippen LogP) is 4.32. The Balaban J connectivity index is 1.53. The molecular weight excluding hydrogens is 312 g/mol. The molecule has 0 saturated heterocycles. The molecule has 0 bridgehead atoms. The quantitative estimate of drug-likeness (QED) is 0.673. The van der Waals surface area contributed by atoms with Gasteiger partial charge in [-0.25, -0.2) is 0 Å². The summed E-state index contributed by atoms with van der Waals surface area (Å²) in [7, 11) is 0. The SMILES string of the molecule is C=C[C@]1(OCc2ccccc2)C[C@@H](COCc2ccccc2)CC1=O. The van der Waals surface area contributed by atoms with Gasteiger partial charge >= 0.3 is 0 Å². The minimum Gasteiger partial charge on any atom is -0.376 e. The summed E-state index contributed by atoms with van der Waals surface area (Å²) in [6.45, 7) is 5.39. The lowest BCUT2D eigenvalue weighted by molar-refractivity contribution is -0.135. The maximum Gasteiger partial charge on any atom is 0.168 e. The van der Waals surface area contributed by atoms with E-state index in [9.17, 15) is 4.79 Å². The van der Waals surface area contributed by atoms with Crippen LogP contribution in [0.25, 0.3) is 0 Å². The smallest absolute Gasteiger partial charge is 0.168 e. The van der Waals surface area contributed by atoms with Crippen LogP contribution in [0.15, 0.2) is 73.3 Å². The Labute approximate surface area is 149 Å². The Kier molecular flexibility index (Phi) is 5.79. The molecule has 0 heterocycles. The maximum atomic E-state index is 12.5. The zero-order chi connectivity index (χ0) is 17.5. The molecule has 0 unspecified atom stereocenters. The van der Waals surface area contributed by atoms with Crippen molar-refractivity contribution in [2.45, 2.75) is 31.7 Å². The summed E-state index contributed by atoms with van der Waals surface area (Å²) >= 11 is 0. The van der Waals surface area contributed by atoms with Crippen LogP contribution >= 0.6 is 0 Å². The average molecular weight is 336 g/mol. The Bertz CT molecular complexity index is 696. The molecule has 3 rings (SSSR count). The molecule has 130 valence electrons. The van der Waals surface area contributed by atoms with Crippen LogP contribution in [-0.2, 0) is 27.5 Å². The molecule has 0 aromatic heterocycles. The molecule has 2 aromatic carbocycles. The van der Waals surface area contributed by atoms with Gasteiger partial charge in [-0.15, -0.1) is 0 Å². The van der Waals surface area contributed by atoms with Gasteiger partial charge in [0.25, 0.3) is 0 Å². The standard InChI is InChI=1S/C22H24O3/c1-2-22(25-17-19-11-7-4-8-12-19)14-20(13-21(22)23)16-24-15-18-9-5-3-6-10-18/h2-12,20H,1,13-17H2/t20-,22-/m0/s1. The lowest BCUT2D eigenvalue weighted by atomic mass is 9.99. The number of carbonyl (C=O) groups excluding carboxylic acids is 1. The number of hydrogen-bond acceptors (Lipinski definition) is 3. The van der Waals surface area contributed by atoms with E-state index in [1.165, 1.54) is 0 Å². The first-order valence-corrected chi connectivity index (χ1v) is 8.68. The molecule has 2 atom stereocenters. The molecule has 2 aromatic rings. The fraction of sp³-hybridized carbons (Fsp3) is 0.318. The summed E-state index contributed by atoms with van der Waals surface area (Å²) < 4.78 is 11.8. The van der Waals surface area contributed by atoms with Gasteiger partial charge in [0.1, 0.15) is 5.60 Å². The number of Topliss-reactive ketones (excluding diaryl/α,β-unsaturated/α-hetero) is 1. The Morgan fingerprint density at radius 2 is 1.60 bits per heavy atom. The summed E-state index contributed by atoms with van der Waals surface area (Å²) in [5.74, 6) is 0.275. The van der Waals surface area contributed by atoms with Crippen molar-refractivity contribution in [3.05, 3.63) is 84.4 Å². The summed E-state index contributed by atoms with van der Waals surface area (Å²) in [5, 5.41) is 0. The lowest BCUT2D eigenvalue weighted by Crippen LogP contribution is -2.34. The summed E-state index contributed by atoms with van der Waals surface area (Å²) in [6.07, 6.45) is 2.78. The number of hydrogen-bond donors (Lipinski definition) is 0. The molecule has 0 spiro atoms. The molecule has 3 nitrogen and oxygen atoms in total. The Morgan fingerprint density at radius 1 is 1.00 bits per heavy atom. The van der Waals surface area contributed by atoms with E-state index in [1.54, 1.807) is 6.08 Å². The number of carbonyl (C=O) groups is 1. The van der Waals surface area contributed by atoms with Gasteiger partial charge in [0.15, 0.2) is 5.78 Å². The van der Waals surface area contributed by atoms with Crippen molar-refractivity contribution in [2.24, 2.45) is 5.92 Å². The van der Waals surface area contributed by atoms with E-state index in [0.717, 1.165) is 11.1 Å². The largest absolute Gasteiger partial charge is 0.376 e. The molecule has 3 heteroatoms. The first kappa shape index (κ1) is 17.6. The second-order valence-corrected chi connectivity index (χ2v) is 6.57. The first-order chi connectivity index (χ1) is 12.2. The molecule has 0 N–H and O–H groups in total. The van der Waals surface area contributed by atoms with E-state index in [2.05, 4.69) is 6.58 Å². The topological polar surface area (TPSA) is 35.5 Å². The highest BCUT2D eigenvalue weighted by Gasteiger charge is 2.45. The maximum absolute atomic E-state index is 12.5. The van der Waals surface area contributed by atoms with Crippen molar-refractivity contribution in [1.29, 1.82) is 0 Å². The van der Waals surface area contributed by atoms with Gasteiger partial charge in [-0.05, 0) is 23.5 Å². The van der Waals surface area contributed by atoms with Gasteiger partial charge in [0.05, 0.1) is 19.8 Å². The molecule has 1 aliphatic carbocycles. The van der Waals surface area contributed by atoms with E-state index >= 15 is 0 Å². The van der Waals surface area contributed by atoms with Crippen LogP contribution in [0.2, 0.25) is 0 Å². The van der Waals surface area contributed by atoms with Crippen LogP contribution in [0.4, 0.5) is 0 Å². The zero-order valence-corrected chi connectivity index (χ0v) is 14.4. The van der Waals surface area contributed by atoms with Crippen LogP contribution < -0.4 is 0 Å². The molecule has 0 radical (unpaired) electrons. The third-order valence-corrected chi connectivity index (χ3v) is 4.67. The van der Waals surface area contributed by atoms with Gasteiger partial charge < -0.3 is 9.47 Å². The number of benzene rings is 2. The van der Waals surface area contributed by atoms with Crippen molar-refractivity contribution in [2.75, 3.05) is 6.61 Å². The molecule has 1 aliphatic rings. The molecule has 0 aliphatic heterocycles. The van der Waals surface area contributed by atoms with Gasteiger partial charge in [0, 0.05) is 6.42 Å². The molecular formula is C22H24O3. The molecule has 25 heavy (non-hydrogen) atoms. The lowest BCUT2D eigenvalue weighted by Gasteiger charge is -2.24. The zero-order valence-electron chi connectivity index (χ0n) is 14.4. The van der Waals surface area contributed by atoms with E-state index < -0.39 is 5.60 Å². The van der Waals surface area contributed by atoms with Crippen molar-refractivity contribution in [3.63, 3.8) is 0 Å². The van der Waals surface area contributed by atoms with Crippen LogP contribution in [0, 0.1) is 5.92 Å². The molecule has 0 amide bonds. The van der Waals surface area contributed by atoms with Gasteiger partial charge in [0.2, 0.25) is 0 Å². The van der Waals surface area contributed by atoms with E-state index in [0.29, 0.717) is 32.7 Å². The summed E-state index contributed by atoms with van der Waals surface area (Å²) in [6, 6.07) is 20.0. The Hall–Kier alpha value is -2.23. The first-order valence-electron chi connectivity index (χ1n) is 8.68. The number of ether oxygens (including phenoxy) is 2. The van der Waals surface area contributed by atoms with Crippen LogP contribution in [0.5, 0.6) is 0 Å². The molecule has 1 saturated carbocycles. The Morgan fingerprint density at radius 3 is 2.20 bits per heavy atom. The van der Waals surface area contributed by atoms with Crippen LogP contribution in [-0.4, -0.2) is 18.0 Å². The second-order valence-electron chi connectivity index (χ2n) is 6.57. The van der Waals surface area contributed by atoms with Crippen molar-refractivity contribution < 1.29 is 14.3 Å². The fourth-order valence-corrected chi connectivity index (χ4v) is 3.27. The minimum absolute atomic E-state index is 0.103. The van der Waals surface area contributed by atoms with E-state index in [-0.39, 0.29) is 11.7 Å². The van der Waals surface area contributed by atoms with Gasteiger partial charge in [-0.3, -0.25) is 4.79 Å². The van der Waals surface area contributed by atoms with Crippen molar-refractivity contribution in [1.82, 2.24) is 0 Å². The highest BCUT2D eigenvalue weighted by molar-refractivity contribution is 5.91. The van der Waals surface area contributed by atoms with Crippen LogP contribution in [0.3, 0.4) is 0 Å². The van der Waals surface area contributed by atoms with Gasteiger partial charge in [-0.2, -0.15) is 0 Å². The van der Waals surface area contributed by atoms with Crippen molar-refractivity contribution in [3.8, 4) is 0 Å². The van der Waals surface area contributed by atoms with Crippen LogP contribution in [0.1, 0.15) is 24.0 Å². The van der Waals surface area contributed by atoms with Gasteiger partial charge in [-0.1, -0.05) is 73.3 Å². The summed E-state index contributed by atoms with van der Waals surface area (Å²) in [5.41, 5.74) is 1.32. The monoisotopic (exact) mass is 336 g/mol. The van der Waals surface area contributed by atoms with E-state index in [4.69, 9.17) is 9.47 Å². The minimum atomic E-state index is -0.878. The molecule has 1 fully saturated rings. The predicted molar refractivity (Wildman–Crippen MR) is 98.0 cm³/mol.